The minimum Gasteiger partial charge on any atom is -0.301 e. The van der Waals surface area contributed by atoms with E-state index in [2.05, 4.69) is 9.01 Å². The van der Waals surface area contributed by atoms with Gasteiger partial charge in [-0.25, -0.2) is 4.57 Å². The zero-order chi connectivity index (χ0) is 7.49. The molecule has 0 saturated heterocycles. The maximum Gasteiger partial charge on any atom is 0.497 e. The van der Waals surface area contributed by atoms with E-state index in [4.69, 9.17) is 14.3 Å². The summed E-state index contributed by atoms with van der Waals surface area (Å²) < 4.78 is 33.1. The highest BCUT2D eigenvalue weighted by molar-refractivity contribution is 7.74. The van der Waals surface area contributed by atoms with Crippen molar-refractivity contribution in [2.75, 3.05) is 0 Å². The Morgan fingerprint density at radius 3 is 2.00 bits per heavy atom. The summed E-state index contributed by atoms with van der Waals surface area (Å²) in [5, 5.41) is 0. The summed E-state index contributed by atoms with van der Waals surface area (Å²) in [5.74, 6) is 0. The lowest BCUT2D eigenvalue weighted by Crippen LogP contribution is -1.94. The largest absolute Gasteiger partial charge is 0.497 e. The summed E-state index contributed by atoms with van der Waals surface area (Å²) in [7, 11) is -4.79. The highest BCUT2D eigenvalue weighted by atomic mass is 32.2. The lowest BCUT2D eigenvalue weighted by atomic mass is 14.9. The Bertz CT molecular complexity index is 143. The lowest BCUT2D eigenvalue weighted by molar-refractivity contribution is -0.117. The molecule has 0 spiro atoms. The van der Waals surface area contributed by atoms with Crippen LogP contribution in [0.1, 0.15) is 0 Å². The van der Waals surface area contributed by atoms with Gasteiger partial charge in [0.15, 0.2) is 0 Å². The molecule has 0 aromatic heterocycles. The summed E-state index contributed by atoms with van der Waals surface area (Å²) in [4.78, 5) is 15.6. The van der Waals surface area contributed by atoms with Gasteiger partial charge in [-0.3, -0.25) is 4.55 Å². The van der Waals surface area contributed by atoms with Gasteiger partial charge in [-0.05, 0) is 0 Å². The summed E-state index contributed by atoms with van der Waals surface area (Å²) in [6.45, 7) is 0. The third kappa shape index (κ3) is 8.18. The van der Waals surface area contributed by atoms with Crippen LogP contribution in [-0.2, 0) is 24.9 Å². The van der Waals surface area contributed by atoms with Crippen molar-refractivity contribution in [1.82, 2.24) is 0 Å². The van der Waals surface area contributed by atoms with E-state index in [1.165, 1.54) is 0 Å². The van der Waals surface area contributed by atoms with Gasteiger partial charge >= 0.3 is 19.2 Å². The van der Waals surface area contributed by atoms with Gasteiger partial charge in [-0.15, -0.1) is 4.67 Å². The topological polar surface area (TPSA) is 113 Å². The summed E-state index contributed by atoms with van der Waals surface area (Å²) >= 11 is -2.83. The van der Waals surface area contributed by atoms with E-state index >= 15 is 0 Å². The molecule has 0 heterocycles. The fourth-order valence-corrected chi connectivity index (χ4v) is 0.591. The number of hydrogen-bond acceptors (Lipinski definition) is 4. The molecule has 0 amide bonds. The van der Waals surface area contributed by atoms with Gasteiger partial charge in [0.05, 0.1) is 0 Å². The zero-order valence-electron chi connectivity index (χ0n) is 3.83. The second-order valence-electron chi connectivity index (χ2n) is 0.850. The van der Waals surface area contributed by atoms with E-state index < -0.39 is 19.2 Å². The van der Waals surface area contributed by atoms with E-state index in [1.807, 2.05) is 0 Å². The van der Waals surface area contributed by atoms with Crippen molar-refractivity contribution < 1.29 is 32.1 Å². The Kier molecular flexibility index (Phi) is 3.44. The van der Waals surface area contributed by atoms with E-state index in [1.54, 1.807) is 0 Å². The average molecular weight is 178 g/mol. The second-order valence-corrected chi connectivity index (χ2v) is 2.55. The number of phosphoric acid groups is 1. The van der Waals surface area contributed by atoms with Gasteiger partial charge in [0.2, 0.25) is 0 Å². The van der Waals surface area contributed by atoms with Crippen LogP contribution in [0.5, 0.6) is 0 Å². The monoisotopic (exact) mass is 178 g/mol. The zero-order valence-corrected chi connectivity index (χ0v) is 5.54. The first-order valence-electron chi connectivity index (χ1n) is 1.45. The minimum absolute atomic E-state index is 2.83. The van der Waals surface area contributed by atoms with E-state index in [0.717, 1.165) is 0 Å². The van der Waals surface area contributed by atoms with Crippen LogP contribution in [0, 0.1) is 0 Å². The molecule has 0 radical (unpaired) electrons. The molecule has 9 heteroatoms. The standard InChI is InChI=1S/H3O7PS/c1-8(2,3)6-7-9(4)5/h(H,4,5)(H2,1,2,3). The Labute approximate surface area is 52.3 Å². The van der Waals surface area contributed by atoms with Crippen molar-refractivity contribution in [2.24, 2.45) is 0 Å². The first-order chi connectivity index (χ1) is 3.92. The molecule has 56 valence electrons. The fraction of sp³-hybridized carbons (Fsp3) is 0. The number of rotatable bonds is 3. The van der Waals surface area contributed by atoms with Crippen LogP contribution in [-0.4, -0.2) is 18.5 Å². The Hall–Kier alpha value is 0.180. The predicted octanol–water partition coefficient (Wildman–Crippen LogP) is -0.836. The van der Waals surface area contributed by atoms with E-state index in [0.29, 0.717) is 0 Å². The van der Waals surface area contributed by atoms with Crippen molar-refractivity contribution in [3.8, 4) is 0 Å². The van der Waals surface area contributed by atoms with Crippen LogP contribution in [0.4, 0.5) is 0 Å². The summed E-state index contributed by atoms with van der Waals surface area (Å²) in [6.07, 6.45) is 0. The molecule has 0 aliphatic heterocycles. The molecule has 0 saturated carbocycles. The lowest BCUT2D eigenvalue weighted by Gasteiger charge is -1.97. The molecular weight excluding hydrogens is 175 g/mol. The maximum atomic E-state index is 9.64. The van der Waals surface area contributed by atoms with Crippen molar-refractivity contribution in [1.29, 1.82) is 0 Å². The Balaban J connectivity index is 3.53. The van der Waals surface area contributed by atoms with Crippen LogP contribution in [0.15, 0.2) is 0 Å². The molecule has 0 bridgehead atoms. The van der Waals surface area contributed by atoms with Crippen LogP contribution in [0.25, 0.3) is 0 Å². The van der Waals surface area contributed by atoms with Crippen molar-refractivity contribution in [3.63, 3.8) is 0 Å². The summed E-state index contributed by atoms with van der Waals surface area (Å²) in [5.41, 5.74) is 0. The molecule has 1 atom stereocenters. The van der Waals surface area contributed by atoms with Crippen molar-refractivity contribution in [2.45, 2.75) is 0 Å². The molecule has 0 fully saturated rings. The predicted molar refractivity (Wildman–Crippen MR) is 25.0 cm³/mol. The molecule has 0 aromatic rings. The Morgan fingerprint density at radius 2 is 1.89 bits per heavy atom. The fourth-order valence-electron chi connectivity index (χ4n) is 0.0657. The molecule has 0 aromatic carbocycles. The van der Waals surface area contributed by atoms with Gasteiger partial charge in [0.25, 0.3) is 0 Å². The van der Waals surface area contributed by atoms with Gasteiger partial charge in [-0.1, -0.05) is 4.33 Å². The first kappa shape index (κ1) is 9.18. The van der Waals surface area contributed by atoms with Gasteiger partial charge in [-0.2, -0.15) is 4.21 Å². The third-order valence-electron chi connectivity index (χ3n) is 0.186. The molecular formula is H3O7PS. The quantitative estimate of drug-likeness (QED) is 0.223. The van der Waals surface area contributed by atoms with Gasteiger partial charge in [0.1, 0.15) is 0 Å². The normalized spacial score (nSPS) is 15.4. The molecule has 9 heavy (non-hydrogen) atoms. The first-order valence-corrected chi connectivity index (χ1v) is 4.01. The van der Waals surface area contributed by atoms with Gasteiger partial charge in [0, 0.05) is 0 Å². The molecule has 3 N–H and O–H groups in total. The van der Waals surface area contributed by atoms with Crippen LogP contribution in [0.2, 0.25) is 0 Å². The summed E-state index contributed by atoms with van der Waals surface area (Å²) in [6, 6.07) is 0. The van der Waals surface area contributed by atoms with Crippen molar-refractivity contribution in [3.05, 3.63) is 0 Å². The van der Waals surface area contributed by atoms with Crippen LogP contribution >= 0.6 is 7.82 Å². The average Bonchev–Trinajstić information content (AvgIpc) is 1.59. The third-order valence-corrected chi connectivity index (χ3v) is 0.740. The van der Waals surface area contributed by atoms with E-state index in [-0.39, 0.29) is 0 Å². The van der Waals surface area contributed by atoms with Crippen LogP contribution in [0.3, 0.4) is 0 Å². The second kappa shape index (κ2) is 3.37. The van der Waals surface area contributed by atoms with Crippen LogP contribution < -0.4 is 0 Å². The molecule has 0 aliphatic rings. The number of hydrogen-bond donors (Lipinski definition) is 3. The molecule has 1 unspecified atom stereocenters. The molecule has 7 nitrogen and oxygen atoms in total. The SMILES string of the molecule is O=S(O)OOP(=O)(O)O. The molecule has 0 aliphatic carbocycles. The Morgan fingerprint density at radius 1 is 1.44 bits per heavy atom. The smallest absolute Gasteiger partial charge is 0.301 e. The highest BCUT2D eigenvalue weighted by Crippen LogP contribution is 2.35. The minimum atomic E-state index is -4.79. The highest BCUT2D eigenvalue weighted by Gasteiger charge is 2.16. The molecule has 0 rings (SSSR count). The maximum absolute atomic E-state index is 9.64. The van der Waals surface area contributed by atoms with E-state index in [9.17, 15) is 8.77 Å². The van der Waals surface area contributed by atoms with Gasteiger partial charge < -0.3 is 9.79 Å². The van der Waals surface area contributed by atoms with Crippen molar-refractivity contribution >= 4 is 19.2 Å².